The first-order valence-electron chi connectivity index (χ1n) is 5.78. The van der Waals surface area contributed by atoms with E-state index >= 15 is 0 Å². The fraction of sp³-hybridized carbons (Fsp3) is 0.769. The molecule has 2 unspecified atom stereocenters. The molecule has 0 bridgehead atoms. The summed E-state index contributed by atoms with van der Waals surface area (Å²) in [6.45, 7) is 6.81. The molecule has 2 nitrogen and oxygen atoms in total. The molecule has 1 saturated carbocycles. The van der Waals surface area contributed by atoms with E-state index in [1.807, 2.05) is 0 Å². The van der Waals surface area contributed by atoms with E-state index in [0.29, 0.717) is 17.8 Å². The van der Waals surface area contributed by atoms with Gasteiger partial charge in [-0.05, 0) is 30.6 Å². The van der Waals surface area contributed by atoms with E-state index in [-0.39, 0.29) is 11.4 Å². The first-order valence-corrected chi connectivity index (χ1v) is 5.78. The van der Waals surface area contributed by atoms with Gasteiger partial charge in [-0.25, -0.2) is 0 Å². The summed E-state index contributed by atoms with van der Waals surface area (Å²) in [4.78, 5) is 11.5. The molecule has 1 aliphatic carbocycles. The second kappa shape index (κ2) is 3.36. The van der Waals surface area contributed by atoms with Crippen LogP contribution in [0.25, 0.3) is 0 Å². The number of carbonyl (C=O) groups excluding carboxylic acids is 1. The van der Waals surface area contributed by atoms with Gasteiger partial charge in [0.1, 0.15) is 5.60 Å². The third-order valence-electron chi connectivity index (χ3n) is 3.49. The van der Waals surface area contributed by atoms with Gasteiger partial charge in [-0.2, -0.15) is 0 Å². The lowest BCUT2D eigenvalue weighted by molar-refractivity contribution is -0.130. The third-order valence-corrected chi connectivity index (χ3v) is 3.49. The molecule has 1 fully saturated rings. The molecule has 2 rings (SSSR count). The summed E-state index contributed by atoms with van der Waals surface area (Å²) in [6, 6.07) is 0. The Kier molecular flexibility index (Phi) is 2.40. The quantitative estimate of drug-likeness (QED) is 0.611. The summed E-state index contributed by atoms with van der Waals surface area (Å²) in [6.07, 6.45) is 6.97. The van der Waals surface area contributed by atoms with Crippen molar-refractivity contribution in [3.8, 4) is 0 Å². The molecule has 2 heteroatoms. The molecular formula is C13H20O2. The van der Waals surface area contributed by atoms with Gasteiger partial charge in [-0.3, -0.25) is 4.79 Å². The SMILES string of the molecule is CC1CC(C)(C)CC2(CC(=O)C=CO2)C1. The average Bonchev–Trinajstić information content (AvgIpc) is 1.97. The highest BCUT2D eigenvalue weighted by Crippen LogP contribution is 2.48. The Hall–Kier alpha value is -0.790. The minimum absolute atomic E-state index is 0.201. The molecule has 2 atom stereocenters. The van der Waals surface area contributed by atoms with Crippen molar-refractivity contribution in [2.45, 2.75) is 52.1 Å². The molecule has 0 aromatic heterocycles. The van der Waals surface area contributed by atoms with Crippen LogP contribution in [-0.4, -0.2) is 11.4 Å². The number of rotatable bonds is 0. The molecule has 0 saturated heterocycles. The predicted molar refractivity (Wildman–Crippen MR) is 59.4 cm³/mol. The van der Waals surface area contributed by atoms with Crippen molar-refractivity contribution in [1.29, 1.82) is 0 Å². The topological polar surface area (TPSA) is 26.3 Å². The van der Waals surface area contributed by atoms with Crippen molar-refractivity contribution in [1.82, 2.24) is 0 Å². The van der Waals surface area contributed by atoms with E-state index in [4.69, 9.17) is 4.74 Å². The molecule has 15 heavy (non-hydrogen) atoms. The number of ketones is 1. The van der Waals surface area contributed by atoms with Gasteiger partial charge in [0.15, 0.2) is 5.78 Å². The third kappa shape index (κ3) is 2.24. The Morgan fingerprint density at radius 3 is 2.73 bits per heavy atom. The maximum Gasteiger partial charge on any atom is 0.162 e. The summed E-state index contributed by atoms with van der Waals surface area (Å²) in [5.74, 6) is 0.860. The van der Waals surface area contributed by atoms with Crippen LogP contribution in [0.5, 0.6) is 0 Å². The van der Waals surface area contributed by atoms with Gasteiger partial charge in [-0.15, -0.1) is 0 Å². The standard InChI is InChI=1S/C13H20O2/c1-10-6-12(2,3)9-13(7-10)8-11(14)4-5-15-13/h4-5,10H,6-9H2,1-3H3. The van der Waals surface area contributed by atoms with Gasteiger partial charge < -0.3 is 4.74 Å². The number of hydrogen-bond acceptors (Lipinski definition) is 2. The van der Waals surface area contributed by atoms with E-state index in [1.54, 1.807) is 12.3 Å². The van der Waals surface area contributed by atoms with Gasteiger partial charge in [-0.1, -0.05) is 20.8 Å². The fourth-order valence-corrected chi connectivity index (χ4v) is 3.56. The fourth-order valence-electron chi connectivity index (χ4n) is 3.56. The predicted octanol–water partition coefficient (Wildman–Crippen LogP) is 3.07. The Morgan fingerprint density at radius 2 is 2.13 bits per heavy atom. The van der Waals surface area contributed by atoms with E-state index in [2.05, 4.69) is 20.8 Å². The maximum atomic E-state index is 11.5. The number of carbonyl (C=O) groups is 1. The summed E-state index contributed by atoms with van der Waals surface area (Å²) < 4.78 is 5.78. The molecule has 84 valence electrons. The van der Waals surface area contributed by atoms with Crippen LogP contribution in [0.2, 0.25) is 0 Å². The molecular weight excluding hydrogens is 188 g/mol. The van der Waals surface area contributed by atoms with Crippen LogP contribution in [0.3, 0.4) is 0 Å². The summed E-state index contributed by atoms with van der Waals surface area (Å²) in [5.41, 5.74) is 0.0934. The van der Waals surface area contributed by atoms with E-state index < -0.39 is 0 Å². The monoisotopic (exact) mass is 208 g/mol. The van der Waals surface area contributed by atoms with E-state index in [0.717, 1.165) is 12.8 Å². The zero-order chi connectivity index (χ0) is 11.1. The molecule has 0 radical (unpaired) electrons. The Labute approximate surface area is 91.7 Å². The lowest BCUT2D eigenvalue weighted by Crippen LogP contribution is -2.45. The van der Waals surface area contributed by atoms with Crippen molar-refractivity contribution >= 4 is 5.78 Å². The first kappa shape index (κ1) is 10.7. The van der Waals surface area contributed by atoms with Crippen LogP contribution in [0, 0.1) is 11.3 Å². The molecule has 0 aromatic rings. The molecule has 0 aromatic carbocycles. The smallest absolute Gasteiger partial charge is 0.162 e. The van der Waals surface area contributed by atoms with Crippen molar-refractivity contribution in [3.05, 3.63) is 12.3 Å². The lowest BCUT2D eigenvalue weighted by Gasteiger charge is -2.47. The minimum atomic E-state index is -0.201. The first-order chi connectivity index (χ1) is 6.91. The Morgan fingerprint density at radius 1 is 1.40 bits per heavy atom. The summed E-state index contributed by atoms with van der Waals surface area (Å²) in [5, 5.41) is 0. The molecule has 2 aliphatic rings. The molecule has 0 amide bonds. The van der Waals surface area contributed by atoms with Crippen LogP contribution in [0.1, 0.15) is 46.5 Å². The lowest BCUT2D eigenvalue weighted by atomic mass is 9.64. The highest BCUT2D eigenvalue weighted by atomic mass is 16.5. The van der Waals surface area contributed by atoms with Crippen molar-refractivity contribution in [3.63, 3.8) is 0 Å². The second-order valence-electron chi connectivity index (χ2n) is 6.10. The van der Waals surface area contributed by atoms with Crippen LogP contribution in [0.4, 0.5) is 0 Å². The van der Waals surface area contributed by atoms with Crippen molar-refractivity contribution in [2.75, 3.05) is 0 Å². The van der Waals surface area contributed by atoms with Crippen LogP contribution in [0.15, 0.2) is 12.3 Å². The normalized spacial score (nSPS) is 39.1. The van der Waals surface area contributed by atoms with Crippen molar-refractivity contribution in [2.24, 2.45) is 11.3 Å². The van der Waals surface area contributed by atoms with Gasteiger partial charge in [0, 0.05) is 6.08 Å². The zero-order valence-corrected chi connectivity index (χ0v) is 9.88. The van der Waals surface area contributed by atoms with E-state index in [1.165, 1.54) is 6.42 Å². The highest BCUT2D eigenvalue weighted by Gasteiger charge is 2.46. The Bertz CT molecular complexity index is 304. The molecule has 1 aliphatic heterocycles. The van der Waals surface area contributed by atoms with Crippen LogP contribution < -0.4 is 0 Å². The highest BCUT2D eigenvalue weighted by molar-refractivity contribution is 5.90. The second-order valence-corrected chi connectivity index (χ2v) is 6.10. The van der Waals surface area contributed by atoms with Gasteiger partial charge >= 0.3 is 0 Å². The number of allylic oxidation sites excluding steroid dienone is 1. The minimum Gasteiger partial charge on any atom is -0.494 e. The largest absolute Gasteiger partial charge is 0.494 e. The average molecular weight is 208 g/mol. The molecule has 1 heterocycles. The maximum absolute atomic E-state index is 11.5. The summed E-state index contributed by atoms with van der Waals surface area (Å²) >= 11 is 0. The van der Waals surface area contributed by atoms with Crippen molar-refractivity contribution < 1.29 is 9.53 Å². The molecule has 1 spiro atoms. The number of ether oxygens (including phenoxy) is 1. The van der Waals surface area contributed by atoms with Crippen LogP contribution >= 0.6 is 0 Å². The zero-order valence-electron chi connectivity index (χ0n) is 9.88. The van der Waals surface area contributed by atoms with Gasteiger partial charge in [0.25, 0.3) is 0 Å². The molecule has 0 N–H and O–H groups in total. The van der Waals surface area contributed by atoms with E-state index in [9.17, 15) is 4.79 Å². The van der Waals surface area contributed by atoms with Gasteiger partial charge in [0.05, 0.1) is 12.7 Å². The summed E-state index contributed by atoms with van der Waals surface area (Å²) in [7, 11) is 0. The van der Waals surface area contributed by atoms with Gasteiger partial charge in [0.2, 0.25) is 0 Å². The Balaban J connectivity index is 2.21. The van der Waals surface area contributed by atoms with Crippen LogP contribution in [-0.2, 0) is 9.53 Å². The number of hydrogen-bond donors (Lipinski definition) is 0.